The maximum absolute atomic E-state index is 13.3. The van der Waals surface area contributed by atoms with Crippen molar-refractivity contribution in [1.29, 1.82) is 0 Å². The monoisotopic (exact) mass is 386 g/mol. The number of carbonyl (C=O) groups excluding carboxylic acids is 1. The molecule has 0 bridgehead atoms. The van der Waals surface area contributed by atoms with E-state index in [4.69, 9.17) is 4.74 Å². The average molecular weight is 387 g/mol. The van der Waals surface area contributed by atoms with Crippen molar-refractivity contribution in [3.8, 4) is 0 Å². The summed E-state index contributed by atoms with van der Waals surface area (Å²) in [6, 6.07) is 4.43. The third-order valence-electron chi connectivity index (χ3n) is 1.78. The molecule has 1 aromatic carbocycles. The van der Waals surface area contributed by atoms with Gasteiger partial charge in [-0.15, -0.1) is 0 Å². The van der Waals surface area contributed by atoms with E-state index in [9.17, 15) is 9.18 Å². The van der Waals surface area contributed by atoms with Crippen LogP contribution in [0.25, 0.3) is 0 Å². The van der Waals surface area contributed by atoms with Crippen molar-refractivity contribution < 1.29 is 13.9 Å². The van der Waals surface area contributed by atoms with Gasteiger partial charge in [-0.25, -0.2) is 9.18 Å². The minimum Gasteiger partial charge on any atom is -0.461 e. The normalized spacial score (nSPS) is 10.1. The van der Waals surface area contributed by atoms with Crippen LogP contribution in [0.1, 0.15) is 15.9 Å². The minimum absolute atomic E-state index is 0.288. The van der Waals surface area contributed by atoms with E-state index >= 15 is 0 Å². The van der Waals surface area contributed by atoms with E-state index in [-0.39, 0.29) is 12.4 Å². The van der Waals surface area contributed by atoms with Gasteiger partial charge in [-0.05, 0) is 12.1 Å². The predicted molar refractivity (Wildman–Crippen MR) is 68.2 cm³/mol. The maximum atomic E-state index is 13.3. The highest BCUT2D eigenvalue weighted by Crippen LogP contribution is 2.18. The van der Waals surface area contributed by atoms with Gasteiger partial charge in [0.1, 0.15) is 12.4 Å². The quantitative estimate of drug-likeness (QED) is 0.451. The Balaban J connectivity index is 2.92. The summed E-state index contributed by atoms with van der Waals surface area (Å²) in [7, 11) is 0. The van der Waals surface area contributed by atoms with Crippen LogP contribution in [0, 0.1) is 5.82 Å². The smallest absolute Gasteiger partial charge is 0.338 e. The summed E-state index contributed by atoms with van der Waals surface area (Å²) >= 11 is 5.17. The third-order valence-corrected chi connectivity index (χ3v) is 2.87. The number of halogens is 3. The van der Waals surface area contributed by atoms with Crippen LogP contribution >= 0.6 is 38.5 Å². The first-order chi connectivity index (χ1) is 7.20. The molecule has 0 radical (unpaired) electrons. The van der Waals surface area contributed by atoms with Gasteiger partial charge in [0.25, 0.3) is 0 Å². The zero-order chi connectivity index (χ0) is 11.3. The lowest BCUT2D eigenvalue weighted by atomic mass is 10.1. The molecule has 1 rings (SSSR count). The van der Waals surface area contributed by atoms with Gasteiger partial charge in [-0.1, -0.05) is 44.6 Å². The van der Waals surface area contributed by atoms with Crippen molar-refractivity contribution in [2.75, 3.05) is 11.9 Å². The zero-order valence-electron chi connectivity index (χ0n) is 7.80. The molecule has 0 aliphatic rings. The van der Waals surface area contributed by atoms with E-state index in [1.54, 1.807) is 6.07 Å². The first kappa shape index (κ1) is 12.9. The van der Waals surface area contributed by atoms with Crippen LogP contribution in [-0.4, -0.2) is 17.9 Å². The molecule has 0 fully saturated rings. The van der Waals surface area contributed by atoms with Crippen LogP contribution in [0.5, 0.6) is 0 Å². The van der Waals surface area contributed by atoms with Crippen molar-refractivity contribution >= 4 is 44.5 Å². The Hall–Kier alpha value is -0.170. The molecular formula is C10H9BrFIO2. The number of hydrogen-bond acceptors (Lipinski definition) is 2. The molecule has 0 atom stereocenters. The van der Waals surface area contributed by atoms with Crippen LogP contribution in [0.4, 0.5) is 4.39 Å². The SMILES string of the molecule is O=C(OCCBr)c1cccc(F)c1CI. The topological polar surface area (TPSA) is 26.3 Å². The zero-order valence-corrected chi connectivity index (χ0v) is 11.5. The largest absolute Gasteiger partial charge is 0.461 e. The van der Waals surface area contributed by atoms with Crippen LogP contribution < -0.4 is 0 Å². The standard InChI is InChI=1S/C10H9BrFIO2/c11-4-5-15-10(14)7-2-1-3-9(12)8(7)6-13/h1-3H,4-6H2. The number of alkyl halides is 2. The number of carbonyl (C=O) groups is 1. The van der Waals surface area contributed by atoms with Gasteiger partial charge >= 0.3 is 5.97 Å². The molecule has 82 valence electrons. The molecule has 0 saturated heterocycles. The Kier molecular flexibility index (Phi) is 5.52. The van der Waals surface area contributed by atoms with E-state index in [0.29, 0.717) is 20.9 Å². The minimum atomic E-state index is -0.472. The first-order valence-corrected chi connectivity index (χ1v) is 6.92. The van der Waals surface area contributed by atoms with Crippen LogP contribution in [0.15, 0.2) is 18.2 Å². The van der Waals surface area contributed by atoms with Crippen LogP contribution in [0.3, 0.4) is 0 Å². The summed E-state index contributed by atoms with van der Waals surface area (Å²) in [6.45, 7) is 0.288. The van der Waals surface area contributed by atoms with Gasteiger partial charge in [-0.3, -0.25) is 0 Å². The Bertz CT molecular complexity index is 357. The van der Waals surface area contributed by atoms with Crippen molar-refractivity contribution in [1.82, 2.24) is 0 Å². The molecular weight excluding hydrogens is 378 g/mol. The maximum Gasteiger partial charge on any atom is 0.338 e. The fourth-order valence-electron chi connectivity index (χ4n) is 1.09. The summed E-state index contributed by atoms with van der Waals surface area (Å²) in [5.41, 5.74) is 0.711. The highest BCUT2D eigenvalue weighted by atomic mass is 127. The Morgan fingerprint density at radius 3 is 2.87 bits per heavy atom. The molecule has 0 unspecified atom stereocenters. The van der Waals surface area contributed by atoms with Gasteiger partial charge < -0.3 is 4.74 Å². The Labute approximate surface area is 109 Å². The molecule has 0 aliphatic carbocycles. The third kappa shape index (κ3) is 3.41. The van der Waals surface area contributed by atoms with Gasteiger partial charge in [0.2, 0.25) is 0 Å². The molecule has 0 amide bonds. The van der Waals surface area contributed by atoms with E-state index in [0.717, 1.165) is 0 Å². The highest BCUT2D eigenvalue weighted by molar-refractivity contribution is 14.1. The number of benzene rings is 1. The number of esters is 1. The second-order valence-electron chi connectivity index (χ2n) is 2.72. The van der Waals surface area contributed by atoms with Gasteiger partial charge in [0.05, 0.1) is 5.56 Å². The number of ether oxygens (including phenoxy) is 1. The lowest BCUT2D eigenvalue weighted by molar-refractivity contribution is 0.0530. The lowest BCUT2D eigenvalue weighted by Gasteiger charge is -2.07. The Morgan fingerprint density at radius 1 is 1.53 bits per heavy atom. The molecule has 1 aromatic rings. The molecule has 0 N–H and O–H groups in total. The van der Waals surface area contributed by atoms with E-state index in [1.807, 2.05) is 22.6 Å². The van der Waals surface area contributed by atoms with Crippen molar-refractivity contribution in [2.45, 2.75) is 4.43 Å². The van der Waals surface area contributed by atoms with E-state index in [1.165, 1.54) is 12.1 Å². The van der Waals surface area contributed by atoms with Crippen LogP contribution in [-0.2, 0) is 9.16 Å². The van der Waals surface area contributed by atoms with E-state index in [2.05, 4.69) is 15.9 Å². The fraction of sp³-hybridized carbons (Fsp3) is 0.300. The molecule has 0 spiro atoms. The second kappa shape index (κ2) is 6.42. The average Bonchev–Trinajstić information content (AvgIpc) is 2.25. The molecule has 5 heteroatoms. The summed E-state index contributed by atoms with van der Waals surface area (Å²) in [5.74, 6) is -0.835. The van der Waals surface area contributed by atoms with Gasteiger partial charge in [0.15, 0.2) is 0 Å². The van der Waals surface area contributed by atoms with Crippen molar-refractivity contribution in [3.05, 3.63) is 35.1 Å². The first-order valence-electron chi connectivity index (χ1n) is 4.27. The molecule has 2 nitrogen and oxygen atoms in total. The number of hydrogen-bond donors (Lipinski definition) is 0. The molecule has 0 saturated carbocycles. The number of rotatable bonds is 4. The summed E-state index contributed by atoms with van der Waals surface area (Å²) < 4.78 is 18.7. The summed E-state index contributed by atoms with van der Waals surface area (Å²) in [4.78, 5) is 11.5. The summed E-state index contributed by atoms with van der Waals surface area (Å²) in [5, 5.41) is 0.577. The summed E-state index contributed by atoms with van der Waals surface area (Å²) in [6.07, 6.45) is 0. The van der Waals surface area contributed by atoms with Crippen LogP contribution in [0.2, 0.25) is 0 Å². The van der Waals surface area contributed by atoms with Gasteiger partial charge in [0, 0.05) is 15.3 Å². The highest BCUT2D eigenvalue weighted by Gasteiger charge is 2.14. The molecule has 15 heavy (non-hydrogen) atoms. The van der Waals surface area contributed by atoms with Gasteiger partial charge in [-0.2, -0.15) is 0 Å². The van der Waals surface area contributed by atoms with Crippen molar-refractivity contribution in [2.24, 2.45) is 0 Å². The predicted octanol–water partition coefficient (Wildman–Crippen LogP) is 3.31. The Morgan fingerprint density at radius 2 is 2.27 bits per heavy atom. The lowest BCUT2D eigenvalue weighted by Crippen LogP contribution is -2.10. The van der Waals surface area contributed by atoms with E-state index < -0.39 is 5.97 Å². The molecule has 0 aromatic heterocycles. The molecule has 0 aliphatic heterocycles. The fourth-order valence-corrected chi connectivity index (χ4v) is 2.03. The van der Waals surface area contributed by atoms with Crippen molar-refractivity contribution in [3.63, 3.8) is 0 Å². The second-order valence-corrected chi connectivity index (χ2v) is 4.28. The molecule has 0 heterocycles.